The molecule has 6 atom stereocenters. The second kappa shape index (κ2) is 9.76. The molecule has 2 aromatic rings. The fraction of sp³-hybridized carbons (Fsp3) is 0.360. The molecule has 10 heteroatoms. The molecule has 6 unspecified atom stereocenters. The van der Waals surface area contributed by atoms with Crippen LogP contribution in [0.5, 0.6) is 23.0 Å². The van der Waals surface area contributed by atoms with Crippen molar-refractivity contribution in [3.63, 3.8) is 0 Å². The first-order chi connectivity index (χ1) is 16.7. The molecule has 7 N–H and O–H groups in total. The maximum Gasteiger partial charge on any atom is 0.270 e. The van der Waals surface area contributed by atoms with Crippen molar-refractivity contribution in [3.8, 4) is 23.0 Å². The maximum atomic E-state index is 10.5. The van der Waals surface area contributed by atoms with Gasteiger partial charge in [-0.1, -0.05) is 12.7 Å². The number of benzene rings is 2. The zero-order chi connectivity index (χ0) is 25.4. The lowest BCUT2D eigenvalue weighted by Gasteiger charge is -2.40. The number of phenols is 2. The first kappa shape index (κ1) is 24.8. The molecule has 0 radical (unpaired) electrons. The Morgan fingerprint density at radius 2 is 1.83 bits per heavy atom. The van der Waals surface area contributed by atoms with Gasteiger partial charge < -0.3 is 49.6 Å². The van der Waals surface area contributed by atoms with Gasteiger partial charge in [-0.2, -0.15) is 0 Å². The molecule has 35 heavy (non-hydrogen) atoms. The molecule has 2 aromatic carbocycles. The minimum atomic E-state index is -1.64. The lowest BCUT2D eigenvalue weighted by atomic mass is 9.96. The van der Waals surface area contributed by atoms with E-state index in [1.54, 1.807) is 12.1 Å². The van der Waals surface area contributed by atoms with Crippen molar-refractivity contribution in [1.82, 2.24) is 0 Å². The van der Waals surface area contributed by atoms with Gasteiger partial charge in [-0.15, -0.1) is 0 Å². The average Bonchev–Trinajstić information content (AvgIpc) is 2.84. The molecular formula is C25H29O10+. The van der Waals surface area contributed by atoms with Crippen LogP contribution >= 0.6 is 0 Å². The highest BCUT2D eigenvalue weighted by atomic mass is 16.7. The third-order valence-corrected chi connectivity index (χ3v) is 6.22. The van der Waals surface area contributed by atoms with Gasteiger partial charge in [0.05, 0.1) is 25.3 Å². The molecule has 2 aliphatic rings. The SMILES string of the molecule is C=Cc1cc(C2[OH+]c3cc(O)cc(O)c3C=C2OC2OC(CO)C(O)C(O)C2O)cc(OC)c1C. The van der Waals surface area contributed by atoms with Crippen LogP contribution in [0.4, 0.5) is 0 Å². The summed E-state index contributed by atoms with van der Waals surface area (Å²) in [6.07, 6.45) is -5.11. The summed E-state index contributed by atoms with van der Waals surface area (Å²) in [7, 11) is 1.53. The largest absolute Gasteiger partial charge is 0.571 e. The van der Waals surface area contributed by atoms with Gasteiger partial charge >= 0.3 is 0 Å². The van der Waals surface area contributed by atoms with E-state index in [9.17, 15) is 30.6 Å². The topological polar surface area (TPSA) is 162 Å². The third kappa shape index (κ3) is 4.54. The predicted octanol–water partition coefficient (Wildman–Crippen LogP) is 1.21. The Balaban J connectivity index is 1.79. The van der Waals surface area contributed by atoms with E-state index in [-0.39, 0.29) is 22.8 Å². The highest BCUT2D eigenvalue weighted by molar-refractivity contribution is 5.70. The van der Waals surface area contributed by atoms with E-state index in [0.29, 0.717) is 17.1 Å². The monoisotopic (exact) mass is 489 g/mol. The number of aliphatic hydroxyl groups is 5. The number of aliphatic hydroxyl groups excluding tert-OH is 4. The van der Waals surface area contributed by atoms with Crippen LogP contribution < -0.4 is 4.74 Å². The number of hydrogen-bond acceptors (Lipinski definition) is 9. The van der Waals surface area contributed by atoms with Crippen LogP contribution in [0.15, 0.2) is 36.6 Å². The van der Waals surface area contributed by atoms with Crippen molar-refractivity contribution >= 4 is 12.2 Å². The molecule has 10 nitrogen and oxygen atoms in total. The first-order valence-corrected chi connectivity index (χ1v) is 10.9. The fourth-order valence-electron chi connectivity index (χ4n) is 4.24. The van der Waals surface area contributed by atoms with Gasteiger partial charge in [0.25, 0.3) is 11.9 Å². The molecule has 0 spiro atoms. The van der Waals surface area contributed by atoms with Crippen LogP contribution in [0.1, 0.15) is 28.4 Å². The van der Waals surface area contributed by atoms with E-state index in [1.165, 1.54) is 19.3 Å². The zero-order valence-electron chi connectivity index (χ0n) is 19.2. The Kier molecular flexibility index (Phi) is 6.93. The number of hydrogen-bond donors (Lipinski definition) is 6. The molecule has 2 aliphatic heterocycles. The molecule has 0 aromatic heterocycles. The smallest absolute Gasteiger partial charge is 0.270 e. The summed E-state index contributed by atoms with van der Waals surface area (Å²) in [5, 5.41) is 60.6. The van der Waals surface area contributed by atoms with Gasteiger partial charge in [0, 0.05) is 12.1 Å². The van der Waals surface area contributed by atoms with E-state index in [4.69, 9.17) is 14.2 Å². The van der Waals surface area contributed by atoms with Gasteiger partial charge in [0.1, 0.15) is 47.2 Å². The molecule has 0 aliphatic carbocycles. The number of rotatable bonds is 6. The second-order valence-electron chi connectivity index (χ2n) is 8.43. The van der Waals surface area contributed by atoms with Crippen LogP contribution in [-0.2, 0) is 9.47 Å². The van der Waals surface area contributed by atoms with E-state index < -0.39 is 43.4 Å². The van der Waals surface area contributed by atoms with Gasteiger partial charge in [0.2, 0.25) is 6.29 Å². The standard InChI is InChI=1S/C25H28O10/c1-4-12-5-13(6-17(32-3)11(12)2)24-19(9-15-16(28)7-14(27)8-18(15)33-24)34-25-23(31)22(30)21(29)20(10-26)35-25/h4-9,20-31H,1,10H2,2-3H3/p+1. The van der Waals surface area contributed by atoms with Crippen molar-refractivity contribution in [2.45, 2.75) is 43.7 Å². The molecule has 0 amide bonds. The summed E-state index contributed by atoms with van der Waals surface area (Å²) in [5.41, 5.74) is 2.53. The van der Waals surface area contributed by atoms with Gasteiger partial charge in [-0.3, -0.25) is 0 Å². The van der Waals surface area contributed by atoms with Crippen molar-refractivity contribution in [2.24, 2.45) is 0 Å². The minimum Gasteiger partial charge on any atom is -0.571 e. The van der Waals surface area contributed by atoms with Crippen LogP contribution in [0.25, 0.3) is 12.2 Å². The van der Waals surface area contributed by atoms with Crippen molar-refractivity contribution in [2.75, 3.05) is 13.7 Å². The van der Waals surface area contributed by atoms with Gasteiger partial charge in [0.15, 0.2) is 5.76 Å². The number of ether oxygens (including phenoxy) is 4. The molecule has 0 bridgehead atoms. The number of aromatic hydroxyl groups is 3. The van der Waals surface area contributed by atoms with E-state index in [0.717, 1.165) is 17.2 Å². The molecule has 1 saturated heterocycles. The highest BCUT2D eigenvalue weighted by Gasteiger charge is 2.46. The Hall–Kier alpha value is -3.28. The van der Waals surface area contributed by atoms with Gasteiger partial charge in [-0.05, 0) is 30.2 Å². The van der Waals surface area contributed by atoms with Crippen molar-refractivity contribution < 1.29 is 49.6 Å². The minimum absolute atomic E-state index is 0.142. The first-order valence-electron chi connectivity index (χ1n) is 10.9. The van der Waals surface area contributed by atoms with E-state index in [2.05, 4.69) is 11.3 Å². The molecule has 0 saturated carbocycles. The molecule has 188 valence electrons. The Labute approximate surface area is 201 Å². The lowest BCUT2D eigenvalue weighted by molar-refractivity contribution is -0.295. The Bertz CT molecular complexity index is 1140. The lowest BCUT2D eigenvalue weighted by Crippen LogP contribution is -2.59. The zero-order valence-corrected chi connectivity index (χ0v) is 19.2. The summed E-state index contributed by atoms with van der Waals surface area (Å²) in [5.74, 6) is 0.593. The summed E-state index contributed by atoms with van der Waals surface area (Å²) in [4.78, 5) is 0. The summed E-state index contributed by atoms with van der Waals surface area (Å²) < 4.78 is 21.6. The normalized spacial score (nSPS) is 27.9. The summed E-state index contributed by atoms with van der Waals surface area (Å²) in [6, 6.07) is 6.14. The van der Waals surface area contributed by atoms with Crippen molar-refractivity contribution in [3.05, 3.63) is 58.9 Å². The summed E-state index contributed by atoms with van der Waals surface area (Å²) >= 11 is 0. The Morgan fingerprint density at radius 1 is 1.09 bits per heavy atom. The molecular weight excluding hydrogens is 460 g/mol. The van der Waals surface area contributed by atoms with Crippen LogP contribution in [-0.4, -0.2) is 79.8 Å². The Morgan fingerprint density at radius 3 is 2.49 bits per heavy atom. The predicted molar refractivity (Wildman–Crippen MR) is 125 cm³/mol. The number of fused-ring (bicyclic) bond motifs is 1. The molecule has 4 rings (SSSR count). The van der Waals surface area contributed by atoms with Crippen molar-refractivity contribution in [1.29, 1.82) is 0 Å². The third-order valence-electron chi connectivity index (χ3n) is 6.22. The average molecular weight is 489 g/mol. The van der Waals surface area contributed by atoms with Crippen LogP contribution in [0, 0.1) is 6.92 Å². The van der Waals surface area contributed by atoms with E-state index in [1.807, 2.05) is 13.0 Å². The summed E-state index contributed by atoms with van der Waals surface area (Å²) in [6.45, 7) is 5.11. The van der Waals surface area contributed by atoms with E-state index >= 15 is 0 Å². The second-order valence-corrected chi connectivity index (χ2v) is 8.43. The number of phenolic OH excluding ortho intramolecular Hbond substituents is 2. The maximum absolute atomic E-state index is 10.5. The fourth-order valence-corrected chi connectivity index (χ4v) is 4.24. The number of methoxy groups -OCH3 is 1. The van der Waals surface area contributed by atoms with Gasteiger partial charge in [-0.25, -0.2) is 0 Å². The molecule has 2 heterocycles. The van der Waals surface area contributed by atoms with Crippen LogP contribution in [0.2, 0.25) is 0 Å². The van der Waals surface area contributed by atoms with Crippen LogP contribution in [0.3, 0.4) is 0 Å². The quantitative estimate of drug-likeness (QED) is 0.328. The highest BCUT2D eigenvalue weighted by Crippen LogP contribution is 2.46. The molecule has 1 fully saturated rings.